The lowest BCUT2D eigenvalue weighted by Gasteiger charge is -2.38. The molecular weight excluding hydrogens is 304 g/mol. The molecule has 0 aliphatic rings. The van der Waals surface area contributed by atoms with Gasteiger partial charge >= 0.3 is 0 Å². The Hall–Kier alpha value is -0.420. The molecule has 0 spiro atoms. The van der Waals surface area contributed by atoms with Gasteiger partial charge in [-0.05, 0) is 12.8 Å². The number of hydrogen-bond acceptors (Lipinski definition) is 4. The van der Waals surface area contributed by atoms with Crippen LogP contribution in [-0.4, -0.2) is 46.4 Å². The zero-order valence-electron chi connectivity index (χ0n) is 16.5. The average Bonchev–Trinajstić information content (AvgIpc) is 2.60. The summed E-state index contributed by atoms with van der Waals surface area (Å²) < 4.78 is 22.5. The SMILES string of the molecule is C=CC(CCCCCCCC)C(CC)(OCCOC)OCCOC. The van der Waals surface area contributed by atoms with Crippen LogP contribution in [0.25, 0.3) is 0 Å². The summed E-state index contributed by atoms with van der Waals surface area (Å²) in [7, 11) is 3.37. The van der Waals surface area contributed by atoms with Crippen molar-refractivity contribution < 1.29 is 18.9 Å². The van der Waals surface area contributed by atoms with Crippen LogP contribution in [0, 0.1) is 5.92 Å². The molecule has 4 heteroatoms. The van der Waals surface area contributed by atoms with Gasteiger partial charge in [0.15, 0.2) is 5.79 Å². The van der Waals surface area contributed by atoms with Gasteiger partial charge in [-0.15, -0.1) is 6.58 Å². The Labute approximate surface area is 149 Å². The number of ether oxygens (including phenoxy) is 4. The van der Waals surface area contributed by atoms with Gasteiger partial charge in [-0.2, -0.15) is 0 Å². The Morgan fingerprint density at radius 2 is 1.38 bits per heavy atom. The number of methoxy groups -OCH3 is 2. The molecule has 144 valence electrons. The van der Waals surface area contributed by atoms with Crippen molar-refractivity contribution in [3.05, 3.63) is 12.7 Å². The maximum Gasteiger partial charge on any atom is 0.174 e. The van der Waals surface area contributed by atoms with Crippen LogP contribution in [0.2, 0.25) is 0 Å². The van der Waals surface area contributed by atoms with E-state index in [1.165, 1.54) is 38.5 Å². The summed E-state index contributed by atoms with van der Waals surface area (Å²) in [5.74, 6) is -0.440. The van der Waals surface area contributed by atoms with E-state index in [2.05, 4.69) is 20.4 Å². The highest BCUT2D eigenvalue weighted by Crippen LogP contribution is 2.33. The predicted molar refractivity (Wildman–Crippen MR) is 100 cm³/mol. The van der Waals surface area contributed by atoms with Crippen LogP contribution in [0.5, 0.6) is 0 Å². The van der Waals surface area contributed by atoms with Crippen molar-refractivity contribution in [2.24, 2.45) is 5.92 Å². The molecule has 0 amide bonds. The highest BCUT2D eigenvalue weighted by atomic mass is 16.7. The highest BCUT2D eigenvalue weighted by molar-refractivity contribution is 4.91. The lowest BCUT2D eigenvalue weighted by molar-refractivity contribution is -0.268. The number of hydrogen-bond donors (Lipinski definition) is 0. The van der Waals surface area contributed by atoms with E-state index in [1.54, 1.807) is 14.2 Å². The minimum atomic E-state index is -0.623. The van der Waals surface area contributed by atoms with E-state index in [1.807, 2.05) is 6.08 Å². The third-order valence-corrected chi connectivity index (χ3v) is 4.48. The van der Waals surface area contributed by atoms with Crippen molar-refractivity contribution in [3.63, 3.8) is 0 Å². The maximum atomic E-state index is 6.14. The molecule has 1 atom stereocenters. The first-order chi connectivity index (χ1) is 11.7. The second kappa shape index (κ2) is 16.1. The quantitative estimate of drug-likeness (QED) is 0.200. The third kappa shape index (κ3) is 9.77. The first-order valence-electron chi connectivity index (χ1n) is 9.59. The Morgan fingerprint density at radius 3 is 1.83 bits per heavy atom. The number of unbranched alkanes of at least 4 members (excludes halogenated alkanes) is 5. The van der Waals surface area contributed by atoms with Crippen molar-refractivity contribution in [2.45, 2.75) is 71.0 Å². The van der Waals surface area contributed by atoms with E-state index < -0.39 is 5.79 Å². The summed E-state index contributed by atoms with van der Waals surface area (Å²) in [6.45, 7) is 10.6. The first-order valence-corrected chi connectivity index (χ1v) is 9.59. The van der Waals surface area contributed by atoms with Gasteiger partial charge < -0.3 is 18.9 Å². The molecule has 0 aromatic heterocycles. The molecule has 24 heavy (non-hydrogen) atoms. The number of rotatable bonds is 18. The van der Waals surface area contributed by atoms with Crippen molar-refractivity contribution in [3.8, 4) is 0 Å². The normalized spacial score (nSPS) is 13.2. The molecule has 0 radical (unpaired) electrons. The van der Waals surface area contributed by atoms with E-state index in [0.717, 1.165) is 12.8 Å². The zero-order chi connectivity index (χ0) is 18.1. The van der Waals surface area contributed by atoms with Crippen LogP contribution in [0.4, 0.5) is 0 Å². The summed E-state index contributed by atoms with van der Waals surface area (Å²) >= 11 is 0. The molecule has 1 unspecified atom stereocenters. The standard InChI is InChI=1S/C20H40O4/c1-6-9-10-11-12-13-14-19(7-2)20(8-3,23-17-15-21-4)24-18-16-22-5/h7,19H,2,6,8-18H2,1,3-5H3. The Kier molecular flexibility index (Phi) is 15.8. The lowest BCUT2D eigenvalue weighted by Crippen LogP contribution is -2.44. The maximum absolute atomic E-state index is 6.14. The average molecular weight is 345 g/mol. The smallest absolute Gasteiger partial charge is 0.174 e. The minimum absolute atomic E-state index is 0.183. The van der Waals surface area contributed by atoms with Crippen LogP contribution in [0.15, 0.2) is 12.7 Å². The largest absolute Gasteiger partial charge is 0.382 e. The van der Waals surface area contributed by atoms with Gasteiger partial charge in [-0.1, -0.05) is 58.4 Å². The van der Waals surface area contributed by atoms with Crippen molar-refractivity contribution in [2.75, 3.05) is 40.6 Å². The molecule has 0 aliphatic heterocycles. The molecule has 0 saturated heterocycles. The van der Waals surface area contributed by atoms with E-state index in [0.29, 0.717) is 26.4 Å². The second-order valence-corrected chi connectivity index (χ2v) is 6.25. The van der Waals surface area contributed by atoms with E-state index in [4.69, 9.17) is 18.9 Å². The van der Waals surface area contributed by atoms with Crippen LogP contribution >= 0.6 is 0 Å². The van der Waals surface area contributed by atoms with Crippen LogP contribution in [0.3, 0.4) is 0 Å². The molecule has 0 saturated carbocycles. The molecule has 0 aromatic rings. The molecule has 0 heterocycles. The summed E-state index contributed by atoms with van der Waals surface area (Å²) in [5, 5.41) is 0. The fraction of sp³-hybridized carbons (Fsp3) is 0.900. The molecule has 0 fully saturated rings. The summed E-state index contributed by atoms with van der Waals surface area (Å²) in [4.78, 5) is 0. The van der Waals surface area contributed by atoms with Crippen molar-refractivity contribution in [1.82, 2.24) is 0 Å². The topological polar surface area (TPSA) is 36.9 Å². The molecule has 0 bridgehead atoms. The van der Waals surface area contributed by atoms with Crippen molar-refractivity contribution >= 4 is 0 Å². The highest BCUT2D eigenvalue weighted by Gasteiger charge is 2.37. The fourth-order valence-electron chi connectivity index (χ4n) is 2.98. The molecule has 0 N–H and O–H groups in total. The third-order valence-electron chi connectivity index (χ3n) is 4.48. The van der Waals surface area contributed by atoms with Crippen molar-refractivity contribution in [1.29, 1.82) is 0 Å². The van der Waals surface area contributed by atoms with Crippen LogP contribution in [-0.2, 0) is 18.9 Å². The summed E-state index contributed by atoms with van der Waals surface area (Å²) in [6, 6.07) is 0. The predicted octanol–water partition coefficient (Wildman–Crippen LogP) is 4.97. The van der Waals surface area contributed by atoms with Gasteiger partial charge in [-0.3, -0.25) is 0 Å². The van der Waals surface area contributed by atoms with Gasteiger partial charge in [0.2, 0.25) is 0 Å². The van der Waals surface area contributed by atoms with Gasteiger partial charge in [0.25, 0.3) is 0 Å². The first kappa shape index (κ1) is 23.6. The van der Waals surface area contributed by atoms with Crippen LogP contribution in [0.1, 0.15) is 65.2 Å². The lowest BCUT2D eigenvalue weighted by atomic mass is 9.90. The Bertz CT molecular complexity index is 271. The molecule has 0 rings (SSSR count). The van der Waals surface area contributed by atoms with Crippen LogP contribution < -0.4 is 0 Å². The monoisotopic (exact) mass is 344 g/mol. The molecular formula is C20H40O4. The Balaban J connectivity index is 4.60. The van der Waals surface area contributed by atoms with E-state index >= 15 is 0 Å². The van der Waals surface area contributed by atoms with Gasteiger partial charge in [-0.25, -0.2) is 0 Å². The molecule has 4 nitrogen and oxygen atoms in total. The van der Waals surface area contributed by atoms with E-state index in [-0.39, 0.29) is 5.92 Å². The fourth-order valence-corrected chi connectivity index (χ4v) is 2.98. The second-order valence-electron chi connectivity index (χ2n) is 6.25. The van der Waals surface area contributed by atoms with E-state index in [9.17, 15) is 0 Å². The van der Waals surface area contributed by atoms with Gasteiger partial charge in [0.05, 0.1) is 26.4 Å². The van der Waals surface area contributed by atoms with Gasteiger partial charge in [0.1, 0.15) is 0 Å². The molecule has 0 aliphatic carbocycles. The minimum Gasteiger partial charge on any atom is -0.382 e. The summed E-state index contributed by atoms with van der Waals surface area (Å²) in [6.07, 6.45) is 11.5. The summed E-state index contributed by atoms with van der Waals surface area (Å²) in [5.41, 5.74) is 0. The van der Waals surface area contributed by atoms with Gasteiger partial charge in [0, 0.05) is 20.1 Å². The zero-order valence-corrected chi connectivity index (χ0v) is 16.5. The molecule has 0 aromatic carbocycles. The Morgan fingerprint density at radius 1 is 0.833 bits per heavy atom.